The fourth-order valence-electron chi connectivity index (χ4n) is 1.76. The Morgan fingerprint density at radius 3 is 2.33 bits per heavy atom. The van der Waals surface area contributed by atoms with Gasteiger partial charge < -0.3 is 20.3 Å². The van der Waals surface area contributed by atoms with Crippen molar-refractivity contribution in [2.24, 2.45) is 0 Å². The molecule has 0 aliphatic heterocycles. The van der Waals surface area contributed by atoms with E-state index in [1.807, 2.05) is 0 Å². The van der Waals surface area contributed by atoms with Gasteiger partial charge in [0.2, 0.25) is 0 Å². The Kier molecular flexibility index (Phi) is 6.49. The number of nitrogens with one attached hydrogen (secondary N) is 1. The predicted octanol–water partition coefficient (Wildman–Crippen LogP) is 3.28. The highest BCUT2D eigenvalue weighted by molar-refractivity contribution is 6.31. The molecular weight excluding hydrogens is 351 g/mol. The summed E-state index contributed by atoms with van der Waals surface area (Å²) < 4.78 is 42.7. The van der Waals surface area contributed by atoms with E-state index in [2.05, 4.69) is 5.32 Å². The van der Waals surface area contributed by atoms with Crippen LogP contribution in [-0.2, 0) is 10.9 Å². The molecule has 2 atom stereocenters. The zero-order chi connectivity index (χ0) is 18.7. The highest BCUT2D eigenvalue weighted by Crippen LogP contribution is 2.34. The lowest BCUT2D eigenvalue weighted by atomic mass is 10.0. The number of alkyl halides is 3. The van der Waals surface area contributed by atoms with E-state index in [-0.39, 0.29) is 17.1 Å². The monoisotopic (exact) mass is 369 g/mol. The molecule has 1 aromatic carbocycles. The first-order chi connectivity index (χ1) is 10.8. The number of carbonyl (C=O) groups is 1. The number of alkyl carbamates (subject to hydrolysis) is 1. The highest BCUT2D eigenvalue weighted by atomic mass is 35.5. The van der Waals surface area contributed by atoms with E-state index in [0.29, 0.717) is 6.07 Å². The molecule has 24 heavy (non-hydrogen) atoms. The Hall–Kier alpha value is -1.51. The fourth-order valence-corrected chi connectivity index (χ4v) is 2.06. The fraction of sp³-hybridized carbons (Fsp3) is 0.533. The van der Waals surface area contributed by atoms with Crippen molar-refractivity contribution in [1.82, 2.24) is 5.32 Å². The van der Waals surface area contributed by atoms with E-state index < -0.39 is 35.6 Å². The number of carbonyl (C=O) groups excluding carboxylic acids is 1. The molecule has 2 unspecified atom stereocenters. The summed E-state index contributed by atoms with van der Waals surface area (Å²) in [6.07, 6.45) is -8.42. The van der Waals surface area contributed by atoms with Crippen LogP contribution >= 0.6 is 11.6 Å². The largest absolute Gasteiger partial charge is 0.444 e. The van der Waals surface area contributed by atoms with Crippen LogP contribution in [0.4, 0.5) is 18.0 Å². The third-order valence-corrected chi connectivity index (χ3v) is 3.19. The Bertz CT molecular complexity index is 587. The van der Waals surface area contributed by atoms with Crippen molar-refractivity contribution in [3.63, 3.8) is 0 Å². The van der Waals surface area contributed by atoms with Crippen molar-refractivity contribution >= 4 is 17.7 Å². The Morgan fingerprint density at radius 1 is 1.29 bits per heavy atom. The summed E-state index contributed by atoms with van der Waals surface area (Å²) in [5.74, 6) is 0. The van der Waals surface area contributed by atoms with E-state index in [1.54, 1.807) is 20.8 Å². The molecule has 0 bridgehead atoms. The zero-order valence-corrected chi connectivity index (χ0v) is 14.1. The van der Waals surface area contributed by atoms with Crippen LogP contribution < -0.4 is 5.32 Å². The van der Waals surface area contributed by atoms with E-state index in [4.69, 9.17) is 16.3 Å². The maximum Gasteiger partial charge on any atom is 0.416 e. The molecule has 0 saturated heterocycles. The SMILES string of the molecule is CC(C)(C)OC(=O)NCC(O)C(O)c1ccc(C(F)(F)F)cc1Cl. The second-order valence-electron chi connectivity index (χ2n) is 6.13. The molecule has 0 aliphatic carbocycles. The number of halogens is 4. The molecule has 5 nitrogen and oxygen atoms in total. The lowest BCUT2D eigenvalue weighted by Gasteiger charge is -2.23. The number of aliphatic hydroxyl groups excluding tert-OH is 2. The topological polar surface area (TPSA) is 78.8 Å². The smallest absolute Gasteiger partial charge is 0.416 e. The first-order valence-electron chi connectivity index (χ1n) is 7.01. The number of hydrogen-bond donors (Lipinski definition) is 3. The maximum atomic E-state index is 12.6. The summed E-state index contributed by atoms with van der Waals surface area (Å²) in [6, 6.07) is 2.39. The third-order valence-electron chi connectivity index (χ3n) is 2.87. The van der Waals surface area contributed by atoms with Crippen LogP contribution in [0.5, 0.6) is 0 Å². The van der Waals surface area contributed by atoms with Crippen LogP contribution in [0.25, 0.3) is 0 Å². The number of benzene rings is 1. The molecule has 0 aliphatic rings. The lowest BCUT2D eigenvalue weighted by molar-refractivity contribution is -0.137. The van der Waals surface area contributed by atoms with Gasteiger partial charge in [-0.2, -0.15) is 13.2 Å². The highest BCUT2D eigenvalue weighted by Gasteiger charge is 2.32. The molecule has 0 spiro atoms. The van der Waals surface area contributed by atoms with Gasteiger partial charge in [0.1, 0.15) is 17.8 Å². The van der Waals surface area contributed by atoms with Crippen LogP contribution in [0.1, 0.15) is 38.0 Å². The number of hydrogen-bond acceptors (Lipinski definition) is 4. The predicted molar refractivity (Wildman–Crippen MR) is 81.7 cm³/mol. The van der Waals surface area contributed by atoms with E-state index in [0.717, 1.165) is 12.1 Å². The summed E-state index contributed by atoms with van der Waals surface area (Å²) in [7, 11) is 0. The van der Waals surface area contributed by atoms with Crippen molar-refractivity contribution in [3.8, 4) is 0 Å². The van der Waals surface area contributed by atoms with Crippen LogP contribution in [0.3, 0.4) is 0 Å². The molecule has 1 rings (SSSR count). The molecule has 0 saturated carbocycles. The lowest BCUT2D eigenvalue weighted by Crippen LogP contribution is -2.38. The molecule has 9 heteroatoms. The van der Waals surface area contributed by atoms with E-state index in [1.165, 1.54) is 0 Å². The average Bonchev–Trinajstić information content (AvgIpc) is 2.41. The van der Waals surface area contributed by atoms with Gasteiger partial charge in [-0.25, -0.2) is 4.79 Å². The number of ether oxygens (including phenoxy) is 1. The van der Waals surface area contributed by atoms with Gasteiger partial charge in [-0.05, 0) is 32.9 Å². The number of amides is 1. The summed E-state index contributed by atoms with van der Waals surface area (Å²) in [5, 5.41) is 21.8. The standard InChI is InChI=1S/C15H19ClF3NO4/c1-14(2,3)24-13(23)20-7-11(21)12(22)9-5-4-8(6-10(9)16)15(17,18)19/h4-6,11-12,21-22H,7H2,1-3H3,(H,20,23). The minimum Gasteiger partial charge on any atom is -0.444 e. The quantitative estimate of drug-likeness (QED) is 0.761. The molecule has 136 valence electrons. The van der Waals surface area contributed by atoms with Crippen LogP contribution in [-0.4, -0.2) is 34.6 Å². The normalized spacial score (nSPS) is 14.9. The van der Waals surface area contributed by atoms with Crippen LogP contribution in [0.2, 0.25) is 5.02 Å². The van der Waals surface area contributed by atoms with Crippen molar-refractivity contribution < 1.29 is 32.9 Å². The van der Waals surface area contributed by atoms with Gasteiger partial charge in [0.05, 0.1) is 5.56 Å². The van der Waals surface area contributed by atoms with Gasteiger partial charge in [-0.3, -0.25) is 0 Å². The minimum atomic E-state index is -4.57. The molecule has 0 heterocycles. The molecular formula is C15H19ClF3NO4. The second kappa shape index (κ2) is 7.58. The summed E-state index contributed by atoms with van der Waals surface area (Å²) in [6.45, 7) is 4.59. The zero-order valence-electron chi connectivity index (χ0n) is 13.3. The average molecular weight is 370 g/mol. The molecule has 0 aromatic heterocycles. The first kappa shape index (κ1) is 20.5. The molecule has 0 fully saturated rings. The van der Waals surface area contributed by atoms with Gasteiger partial charge in [-0.15, -0.1) is 0 Å². The van der Waals surface area contributed by atoms with Crippen molar-refractivity contribution in [2.45, 2.75) is 44.8 Å². The summed E-state index contributed by atoms with van der Waals surface area (Å²) in [4.78, 5) is 11.5. The van der Waals surface area contributed by atoms with Crippen LogP contribution in [0, 0.1) is 0 Å². The third kappa shape index (κ3) is 6.18. The number of rotatable bonds is 4. The minimum absolute atomic E-state index is 0.0804. The Balaban J connectivity index is 2.72. The van der Waals surface area contributed by atoms with Crippen molar-refractivity contribution in [3.05, 3.63) is 34.3 Å². The van der Waals surface area contributed by atoms with Crippen molar-refractivity contribution in [2.75, 3.05) is 6.54 Å². The maximum absolute atomic E-state index is 12.6. The molecule has 0 radical (unpaired) electrons. The van der Waals surface area contributed by atoms with Gasteiger partial charge in [0, 0.05) is 17.1 Å². The van der Waals surface area contributed by atoms with E-state index >= 15 is 0 Å². The van der Waals surface area contributed by atoms with Gasteiger partial charge >= 0.3 is 12.3 Å². The summed E-state index contributed by atoms with van der Waals surface area (Å²) >= 11 is 5.74. The molecule has 3 N–H and O–H groups in total. The molecule has 1 amide bonds. The first-order valence-corrected chi connectivity index (χ1v) is 7.38. The number of aliphatic hydroxyl groups is 2. The van der Waals surface area contributed by atoms with Gasteiger partial charge in [0.25, 0.3) is 0 Å². The van der Waals surface area contributed by atoms with Gasteiger partial charge in [-0.1, -0.05) is 17.7 Å². The van der Waals surface area contributed by atoms with Crippen molar-refractivity contribution in [1.29, 1.82) is 0 Å². The van der Waals surface area contributed by atoms with Crippen LogP contribution in [0.15, 0.2) is 18.2 Å². The van der Waals surface area contributed by atoms with E-state index in [9.17, 15) is 28.2 Å². The Morgan fingerprint density at radius 2 is 1.88 bits per heavy atom. The second-order valence-corrected chi connectivity index (χ2v) is 6.54. The Labute approximate surface area is 142 Å². The van der Waals surface area contributed by atoms with Gasteiger partial charge in [0.15, 0.2) is 0 Å². The summed E-state index contributed by atoms with van der Waals surface area (Å²) in [5.41, 5.74) is -1.78. The molecule has 1 aromatic rings.